The van der Waals surface area contributed by atoms with E-state index >= 15 is 0 Å². The zero-order valence-electron chi connectivity index (χ0n) is 17.0. The number of amides is 1. The molecule has 2 heterocycles. The second kappa shape index (κ2) is 8.33. The summed E-state index contributed by atoms with van der Waals surface area (Å²) in [4.78, 5) is 14.9. The van der Waals surface area contributed by atoms with Crippen LogP contribution in [0.15, 0.2) is 23.1 Å². The molecule has 3 rings (SSSR count). The van der Waals surface area contributed by atoms with Crippen LogP contribution in [0.25, 0.3) is 0 Å². The maximum Gasteiger partial charge on any atom is 0.257 e. The standard InChI is InChI=1S/C19H25ClN4O4S/c1-13-18(14(2)22(3)21-13)29(26,27)24-9-5-8-23(10-11-24)19(25)16-12-15(20)6-7-17(16)28-4/h6-7,12H,5,8-11H2,1-4H3. The maximum absolute atomic E-state index is 13.2. The first kappa shape index (κ1) is 21.6. The quantitative estimate of drug-likeness (QED) is 0.727. The SMILES string of the molecule is COc1ccc(Cl)cc1C(=O)N1CCCN(S(=O)(=O)c2c(C)nn(C)c2C)CC1. The third-order valence-electron chi connectivity index (χ3n) is 5.17. The molecule has 1 aromatic carbocycles. The molecular formula is C19H25ClN4O4S. The van der Waals surface area contributed by atoms with Gasteiger partial charge in [-0.1, -0.05) is 11.6 Å². The van der Waals surface area contributed by atoms with Crippen molar-refractivity contribution in [3.05, 3.63) is 40.2 Å². The van der Waals surface area contributed by atoms with E-state index < -0.39 is 10.0 Å². The molecule has 1 fully saturated rings. The molecule has 1 aliphatic rings. The summed E-state index contributed by atoms with van der Waals surface area (Å²) in [5.41, 5.74) is 1.45. The number of carbonyl (C=O) groups excluding carboxylic acids is 1. The van der Waals surface area contributed by atoms with Crippen LogP contribution < -0.4 is 4.74 Å². The van der Waals surface area contributed by atoms with Crippen LogP contribution in [0.3, 0.4) is 0 Å². The summed E-state index contributed by atoms with van der Waals surface area (Å²) in [5.74, 6) is 0.215. The van der Waals surface area contributed by atoms with E-state index in [2.05, 4.69) is 5.10 Å². The van der Waals surface area contributed by atoms with Crippen LogP contribution in [0.5, 0.6) is 5.75 Å². The highest BCUT2D eigenvalue weighted by Crippen LogP contribution is 2.26. The van der Waals surface area contributed by atoms with Gasteiger partial charge in [0.15, 0.2) is 0 Å². The molecule has 158 valence electrons. The minimum atomic E-state index is -3.69. The van der Waals surface area contributed by atoms with Crippen molar-refractivity contribution in [2.24, 2.45) is 7.05 Å². The molecule has 0 unspecified atom stereocenters. The zero-order valence-corrected chi connectivity index (χ0v) is 18.5. The van der Waals surface area contributed by atoms with Crippen molar-refractivity contribution < 1.29 is 17.9 Å². The Morgan fingerprint density at radius 2 is 1.90 bits per heavy atom. The number of methoxy groups -OCH3 is 1. The normalized spacial score (nSPS) is 16.0. The Balaban J connectivity index is 1.82. The average molecular weight is 441 g/mol. The molecule has 0 radical (unpaired) electrons. The lowest BCUT2D eigenvalue weighted by atomic mass is 10.1. The molecule has 1 amide bonds. The minimum absolute atomic E-state index is 0.213. The number of hydrogen-bond acceptors (Lipinski definition) is 5. The summed E-state index contributed by atoms with van der Waals surface area (Å²) in [6.45, 7) is 4.72. The number of nitrogens with zero attached hydrogens (tertiary/aromatic N) is 4. The van der Waals surface area contributed by atoms with Gasteiger partial charge in [-0.15, -0.1) is 0 Å². The number of carbonyl (C=O) groups is 1. The van der Waals surface area contributed by atoms with Crippen LogP contribution in [0.2, 0.25) is 5.02 Å². The van der Waals surface area contributed by atoms with Crippen LogP contribution in [-0.2, 0) is 17.1 Å². The Bertz CT molecular complexity index is 1040. The lowest BCUT2D eigenvalue weighted by Gasteiger charge is -2.23. The van der Waals surface area contributed by atoms with Gasteiger partial charge in [-0.25, -0.2) is 8.42 Å². The van der Waals surface area contributed by atoms with Crippen LogP contribution >= 0.6 is 11.6 Å². The van der Waals surface area contributed by atoms with E-state index in [1.807, 2.05) is 0 Å². The summed E-state index contributed by atoms with van der Waals surface area (Å²) >= 11 is 6.05. The van der Waals surface area contributed by atoms with Gasteiger partial charge in [0, 0.05) is 38.2 Å². The molecule has 0 spiro atoms. The van der Waals surface area contributed by atoms with Crippen molar-refractivity contribution in [2.75, 3.05) is 33.3 Å². The number of hydrogen-bond donors (Lipinski definition) is 0. The monoisotopic (exact) mass is 440 g/mol. The first-order valence-electron chi connectivity index (χ1n) is 9.30. The fraction of sp³-hybridized carbons (Fsp3) is 0.474. The number of ether oxygens (including phenoxy) is 1. The summed E-state index contributed by atoms with van der Waals surface area (Å²) in [6, 6.07) is 4.88. The number of sulfonamides is 1. The summed E-state index contributed by atoms with van der Waals surface area (Å²) in [5, 5.41) is 4.67. The van der Waals surface area contributed by atoms with Crippen molar-refractivity contribution in [2.45, 2.75) is 25.2 Å². The van der Waals surface area contributed by atoms with E-state index in [-0.39, 0.29) is 23.9 Å². The second-order valence-corrected chi connectivity index (χ2v) is 9.33. The Labute approximate surface area is 176 Å². The average Bonchev–Trinajstić information content (AvgIpc) is 2.85. The molecule has 0 saturated carbocycles. The van der Waals surface area contributed by atoms with E-state index in [1.54, 1.807) is 48.7 Å². The Morgan fingerprint density at radius 3 is 2.52 bits per heavy atom. The third kappa shape index (κ3) is 4.12. The van der Waals surface area contributed by atoms with Gasteiger partial charge in [0.1, 0.15) is 10.6 Å². The predicted octanol–water partition coefficient (Wildman–Crippen LogP) is 2.24. The number of halogens is 1. The van der Waals surface area contributed by atoms with Crippen LogP contribution in [0, 0.1) is 13.8 Å². The maximum atomic E-state index is 13.2. The van der Waals surface area contributed by atoms with Crippen molar-refractivity contribution in [3.63, 3.8) is 0 Å². The molecule has 0 bridgehead atoms. The van der Waals surface area contributed by atoms with Gasteiger partial charge in [-0.2, -0.15) is 9.40 Å². The third-order valence-corrected chi connectivity index (χ3v) is 7.56. The van der Waals surface area contributed by atoms with Crippen LogP contribution in [0.1, 0.15) is 28.2 Å². The Kier molecular flexibility index (Phi) is 6.21. The summed E-state index contributed by atoms with van der Waals surface area (Å²) < 4.78 is 34.7. The van der Waals surface area contributed by atoms with Gasteiger partial charge >= 0.3 is 0 Å². The zero-order chi connectivity index (χ0) is 21.3. The van der Waals surface area contributed by atoms with Gasteiger partial charge in [0.2, 0.25) is 10.0 Å². The highest BCUT2D eigenvalue weighted by atomic mass is 35.5. The Morgan fingerprint density at radius 1 is 1.17 bits per heavy atom. The molecule has 10 heteroatoms. The first-order valence-corrected chi connectivity index (χ1v) is 11.1. The lowest BCUT2D eigenvalue weighted by Crippen LogP contribution is -2.37. The van der Waals surface area contributed by atoms with Gasteiger partial charge in [-0.05, 0) is 38.5 Å². The van der Waals surface area contributed by atoms with Gasteiger partial charge in [-0.3, -0.25) is 9.48 Å². The first-order chi connectivity index (χ1) is 13.7. The smallest absolute Gasteiger partial charge is 0.257 e. The van der Waals surface area contributed by atoms with Gasteiger partial charge in [0.25, 0.3) is 5.91 Å². The van der Waals surface area contributed by atoms with Gasteiger partial charge < -0.3 is 9.64 Å². The molecule has 1 aliphatic heterocycles. The molecule has 0 aliphatic carbocycles. The van der Waals surface area contributed by atoms with Crippen molar-refractivity contribution in [1.82, 2.24) is 19.0 Å². The lowest BCUT2D eigenvalue weighted by molar-refractivity contribution is 0.0761. The number of rotatable bonds is 4. The highest BCUT2D eigenvalue weighted by molar-refractivity contribution is 7.89. The largest absolute Gasteiger partial charge is 0.496 e. The fourth-order valence-electron chi connectivity index (χ4n) is 3.61. The molecular weight excluding hydrogens is 416 g/mol. The minimum Gasteiger partial charge on any atom is -0.496 e. The molecule has 2 aromatic rings. The van der Waals surface area contributed by atoms with Crippen LogP contribution in [0.4, 0.5) is 0 Å². The molecule has 0 N–H and O–H groups in total. The topological polar surface area (TPSA) is 84.7 Å². The number of aryl methyl sites for hydroxylation is 2. The van der Waals surface area contributed by atoms with Crippen molar-refractivity contribution >= 4 is 27.5 Å². The molecule has 0 atom stereocenters. The molecule has 1 aromatic heterocycles. The van der Waals surface area contributed by atoms with E-state index in [0.717, 1.165) is 0 Å². The van der Waals surface area contributed by atoms with E-state index in [0.29, 0.717) is 47.2 Å². The van der Waals surface area contributed by atoms with E-state index in [9.17, 15) is 13.2 Å². The number of aromatic nitrogens is 2. The highest BCUT2D eigenvalue weighted by Gasteiger charge is 2.33. The van der Waals surface area contributed by atoms with Crippen molar-refractivity contribution in [3.8, 4) is 5.75 Å². The Hall–Kier alpha value is -2.10. The molecule has 29 heavy (non-hydrogen) atoms. The molecule has 1 saturated heterocycles. The summed E-state index contributed by atoms with van der Waals surface area (Å²) in [6.07, 6.45) is 0.534. The van der Waals surface area contributed by atoms with Gasteiger partial charge in [0.05, 0.1) is 24.1 Å². The van der Waals surface area contributed by atoms with Crippen LogP contribution in [-0.4, -0.2) is 66.6 Å². The fourth-order valence-corrected chi connectivity index (χ4v) is 5.65. The summed E-state index contributed by atoms with van der Waals surface area (Å²) in [7, 11) is -0.473. The van der Waals surface area contributed by atoms with Crippen molar-refractivity contribution in [1.29, 1.82) is 0 Å². The second-order valence-electron chi connectivity index (χ2n) is 7.02. The number of benzene rings is 1. The van der Waals surface area contributed by atoms with E-state index in [1.165, 1.54) is 11.4 Å². The molecule has 8 nitrogen and oxygen atoms in total. The predicted molar refractivity (Wildman–Crippen MR) is 110 cm³/mol. The van der Waals surface area contributed by atoms with E-state index in [4.69, 9.17) is 16.3 Å².